The Morgan fingerprint density at radius 3 is 2.33 bits per heavy atom. The average molecular weight is 211 g/mol. The highest BCUT2D eigenvalue weighted by molar-refractivity contribution is 5.81. The summed E-state index contributed by atoms with van der Waals surface area (Å²) in [6.45, 7) is 14.0. The SMILES string of the molecule is CCC(C)C(C)(C)N1CC(C)C(C)C1=O. The third kappa shape index (κ3) is 2.04. The third-order valence-electron chi connectivity index (χ3n) is 4.49. The number of nitrogens with zero attached hydrogens (tertiary/aromatic N) is 1. The Kier molecular flexibility index (Phi) is 3.47. The first-order chi connectivity index (χ1) is 6.82. The lowest BCUT2D eigenvalue weighted by Crippen LogP contribution is -2.49. The minimum atomic E-state index is 0.00481. The van der Waals surface area contributed by atoms with Gasteiger partial charge in [0.2, 0.25) is 5.91 Å². The van der Waals surface area contributed by atoms with Crippen molar-refractivity contribution in [2.75, 3.05) is 6.54 Å². The highest BCUT2D eigenvalue weighted by atomic mass is 16.2. The fourth-order valence-corrected chi connectivity index (χ4v) is 2.31. The molecule has 2 heteroatoms. The molecule has 0 radical (unpaired) electrons. The number of carbonyl (C=O) groups is 1. The van der Waals surface area contributed by atoms with Crippen LogP contribution in [0.1, 0.15) is 48.0 Å². The van der Waals surface area contributed by atoms with Gasteiger partial charge in [-0.05, 0) is 25.7 Å². The maximum Gasteiger partial charge on any atom is 0.226 e. The van der Waals surface area contributed by atoms with Crippen molar-refractivity contribution in [3.63, 3.8) is 0 Å². The van der Waals surface area contributed by atoms with Crippen molar-refractivity contribution < 1.29 is 4.79 Å². The second-order valence-corrected chi connectivity index (χ2v) is 5.68. The van der Waals surface area contributed by atoms with Crippen LogP contribution >= 0.6 is 0 Å². The van der Waals surface area contributed by atoms with Gasteiger partial charge in [-0.1, -0.05) is 34.1 Å². The molecule has 1 amide bonds. The Bertz CT molecular complexity index is 247. The second kappa shape index (κ2) is 4.15. The molecule has 0 aromatic rings. The van der Waals surface area contributed by atoms with Crippen LogP contribution in [0, 0.1) is 17.8 Å². The van der Waals surface area contributed by atoms with E-state index >= 15 is 0 Å². The number of amides is 1. The molecule has 3 atom stereocenters. The summed E-state index contributed by atoms with van der Waals surface area (Å²) in [4.78, 5) is 14.2. The molecular weight excluding hydrogens is 186 g/mol. The van der Waals surface area contributed by atoms with Gasteiger partial charge in [0.15, 0.2) is 0 Å². The molecule has 0 bridgehead atoms. The monoisotopic (exact) mass is 211 g/mol. The smallest absolute Gasteiger partial charge is 0.226 e. The van der Waals surface area contributed by atoms with Crippen molar-refractivity contribution in [2.24, 2.45) is 17.8 Å². The van der Waals surface area contributed by atoms with Crippen LogP contribution in [-0.2, 0) is 4.79 Å². The molecule has 0 spiro atoms. The minimum Gasteiger partial charge on any atom is -0.337 e. The van der Waals surface area contributed by atoms with E-state index in [4.69, 9.17) is 0 Å². The number of carbonyl (C=O) groups excluding carboxylic acids is 1. The van der Waals surface area contributed by atoms with Gasteiger partial charge < -0.3 is 4.90 Å². The summed E-state index contributed by atoms with van der Waals surface area (Å²) < 4.78 is 0. The topological polar surface area (TPSA) is 20.3 Å². The van der Waals surface area contributed by atoms with Crippen LogP contribution in [0.15, 0.2) is 0 Å². The lowest BCUT2D eigenvalue weighted by atomic mass is 9.85. The van der Waals surface area contributed by atoms with Crippen molar-refractivity contribution in [1.29, 1.82) is 0 Å². The fraction of sp³-hybridized carbons (Fsp3) is 0.923. The lowest BCUT2D eigenvalue weighted by molar-refractivity contribution is -0.136. The van der Waals surface area contributed by atoms with E-state index in [1.54, 1.807) is 0 Å². The van der Waals surface area contributed by atoms with E-state index in [-0.39, 0.29) is 11.5 Å². The molecule has 1 aliphatic rings. The molecule has 0 aromatic carbocycles. The summed E-state index contributed by atoms with van der Waals surface area (Å²) in [5, 5.41) is 0. The largest absolute Gasteiger partial charge is 0.337 e. The maximum atomic E-state index is 12.1. The van der Waals surface area contributed by atoms with Gasteiger partial charge >= 0.3 is 0 Å². The first-order valence-electron chi connectivity index (χ1n) is 6.13. The van der Waals surface area contributed by atoms with Gasteiger partial charge in [0.05, 0.1) is 0 Å². The van der Waals surface area contributed by atoms with Crippen molar-refractivity contribution in [3.8, 4) is 0 Å². The predicted molar refractivity (Wildman–Crippen MR) is 63.6 cm³/mol. The zero-order valence-corrected chi connectivity index (χ0v) is 11.0. The molecule has 0 aromatic heterocycles. The molecule has 0 saturated carbocycles. The number of hydrogen-bond acceptors (Lipinski definition) is 1. The van der Waals surface area contributed by atoms with E-state index in [1.807, 2.05) is 0 Å². The van der Waals surface area contributed by atoms with E-state index in [2.05, 4.69) is 46.4 Å². The third-order valence-corrected chi connectivity index (χ3v) is 4.49. The van der Waals surface area contributed by atoms with Crippen molar-refractivity contribution in [1.82, 2.24) is 4.90 Å². The molecule has 3 unspecified atom stereocenters. The second-order valence-electron chi connectivity index (χ2n) is 5.68. The van der Waals surface area contributed by atoms with Gasteiger partial charge in [-0.3, -0.25) is 4.79 Å². The summed E-state index contributed by atoms with van der Waals surface area (Å²) in [7, 11) is 0. The first kappa shape index (κ1) is 12.5. The molecular formula is C13H25NO. The first-order valence-corrected chi connectivity index (χ1v) is 6.13. The molecule has 88 valence electrons. The quantitative estimate of drug-likeness (QED) is 0.703. The minimum absolute atomic E-state index is 0.00481. The molecule has 1 heterocycles. The van der Waals surface area contributed by atoms with Gasteiger partial charge in [-0.2, -0.15) is 0 Å². The maximum absolute atomic E-state index is 12.1. The van der Waals surface area contributed by atoms with E-state index in [0.29, 0.717) is 17.7 Å². The molecule has 15 heavy (non-hydrogen) atoms. The molecule has 1 aliphatic heterocycles. The van der Waals surface area contributed by atoms with Crippen molar-refractivity contribution in [3.05, 3.63) is 0 Å². The standard InChI is InChI=1S/C13H25NO/c1-7-10(3)13(5,6)14-8-9(2)11(4)12(14)15/h9-11H,7-8H2,1-6H3. The highest BCUT2D eigenvalue weighted by Crippen LogP contribution is 2.35. The van der Waals surface area contributed by atoms with Crippen LogP contribution in [0.5, 0.6) is 0 Å². The summed E-state index contributed by atoms with van der Waals surface area (Å²) >= 11 is 0. The lowest BCUT2D eigenvalue weighted by Gasteiger charge is -2.40. The van der Waals surface area contributed by atoms with E-state index < -0.39 is 0 Å². The highest BCUT2D eigenvalue weighted by Gasteiger charge is 2.43. The molecule has 0 N–H and O–H groups in total. The van der Waals surface area contributed by atoms with Gasteiger partial charge in [0.25, 0.3) is 0 Å². The van der Waals surface area contributed by atoms with Crippen LogP contribution in [0.4, 0.5) is 0 Å². The zero-order valence-electron chi connectivity index (χ0n) is 11.0. The van der Waals surface area contributed by atoms with Crippen LogP contribution in [0.3, 0.4) is 0 Å². The average Bonchev–Trinajstić information content (AvgIpc) is 2.45. The van der Waals surface area contributed by atoms with Crippen LogP contribution in [0.2, 0.25) is 0 Å². The zero-order chi connectivity index (χ0) is 11.8. The fourth-order valence-electron chi connectivity index (χ4n) is 2.31. The number of rotatable bonds is 3. The van der Waals surface area contributed by atoms with Gasteiger partial charge in [-0.15, -0.1) is 0 Å². The Morgan fingerprint density at radius 1 is 1.47 bits per heavy atom. The van der Waals surface area contributed by atoms with E-state index in [1.165, 1.54) is 0 Å². The van der Waals surface area contributed by atoms with E-state index in [0.717, 1.165) is 13.0 Å². The Hall–Kier alpha value is -0.530. The molecule has 0 aliphatic carbocycles. The van der Waals surface area contributed by atoms with Crippen LogP contribution in [0.25, 0.3) is 0 Å². The Morgan fingerprint density at radius 2 is 2.00 bits per heavy atom. The Labute approximate surface area is 94.0 Å². The summed E-state index contributed by atoms with van der Waals surface area (Å²) in [6.07, 6.45) is 1.12. The van der Waals surface area contributed by atoms with Crippen LogP contribution < -0.4 is 0 Å². The van der Waals surface area contributed by atoms with E-state index in [9.17, 15) is 4.79 Å². The molecule has 1 rings (SSSR count). The van der Waals surface area contributed by atoms with Crippen molar-refractivity contribution >= 4 is 5.91 Å². The molecule has 1 fully saturated rings. The number of hydrogen-bond donors (Lipinski definition) is 0. The molecule has 1 saturated heterocycles. The van der Waals surface area contributed by atoms with Crippen LogP contribution in [-0.4, -0.2) is 22.9 Å². The summed E-state index contributed by atoms with van der Waals surface area (Å²) in [5.41, 5.74) is 0.00481. The van der Waals surface area contributed by atoms with Gasteiger partial charge in [0, 0.05) is 18.0 Å². The Balaban J connectivity index is 2.85. The summed E-state index contributed by atoms with van der Waals surface area (Å²) in [6, 6.07) is 0. The number of likely N-dealkylation sites (tertiary alicyclic amines) is 1. The van der Waals surface area contributed by atoms with Gasteiger partial charge in [-0.25, -0.2) is 0 Å². The summed E-state index contributed by atoms with van der Waals surface area (Å²) in [5.74, 6) is 1.60. The predicted octanol–water partition coefficient (Wildman–Crippen LogP) is 2.93. The van der Waals surface area contributed by atoms with Crippen molar-refractivity contribution in [2.45, 2.75) is 53.5 Å². The van der Waals surface area contributed by atoms with Gasteiger partial charge in [0.1, 0.15) is 0 Å². The normalized spacial score (nSPS) is 29.7. The molecule has 2 nitrogen and oxygen atoms in total.